The van der Waals surface area contributed by atoms with E-state index in [0.717, 1.165) is 16.7 Å². The van der Waals surface area contributed by atoms with Crippen molar-refractivity contribution >= 4 is 28.7 Å². The molecule has 2 aliphatic rings. The van der Waals surface area contributed by atoms with Gasteiger partial charge in [-0.1, -0.05) is 54.9 Å². The standard InChI is InChI=1S/C23H17ClO3/c1-2-13-6-7-15(14-8-10-16(24)11-9-14)12-19(13)20-22(26)17-4-3-5-18(21(17)25)23(20)27/h4-12,26H,2-3H2,1H3. The first kappa shape index (κ1) is 17.5. The predicted molar refractivity (Wildman–Crippen MR) is 107 cm³/mol. The van der Waals surface area contributed by atoms with Crippen molar-refractivity contribution in [3.8, 4) is 11.1 Å². The van der Waals surface area contributed by atoms with Crippen molar-refractivity contribution in [3.05, 3.63) is 87.7 Å². The summed E-state index contributed by atoms with van der Waals surface area (Å²) in [6.07, 6.45) is 4.48. The fraction of sp³-hybridized carbons (Fsp3) is 0.130. The van der Waals surface area contributed by atoms with Gasteiger partial charge >= 0.3 is 0 Å². The summed E-state index contributed by atoms with van der Waals surface area (Å²) >= 11 is 5.98. The van der Waals surface area contributed by atoms with Gasteiger partial charge in [-0.05, 0) is 53.3 Å². The molecule has 0 spiro atoms. The van der Waals surface area contributed by atoms with E-state index in [0.29, 0.717) is 23.4 Å². The van der Waals surface area contributed by atoms with Crippen LogP contribution in [0.4, 0.5) is 0 Å². The smallest absolute Gasteiger partial charge is 0.201 e. The molecule has 1 N–H and O–H groups in total. The third kappa shape index (κ3) is 2.84. The number of Topliss-reactive ketones (excluding diaryl/α,β-unsaturated/α-hetero) is 2. The van der Waals surface area contributed by atoms with E-state index >= 15 is 0 Å². The third-order valence-corrected chi connectivity index (χ3v) is 5.29. The molecule has 0 atom stereocenters. The molecule has 0 fully saturated rings. The summed E-state index contributed by atoms with van der Waals surface area (Å²) in [6.45, 7) is 2.00. The van der Waals surface area contributed by atoms with Gasteiger partial charge in [0, 0.05) is 5.02 Å². The Balaban J connectivity index is 1.93. The van der Waals surface area contributed by atoms with Gasteiger partial charge in [0.2, 0.25) is 5.78 Å². The molecule has 0 unspecified atom stereocenters. The van der Waals surface area contributed by atoms with Crippen LogP contribution in [0.5, 0.6) is 0 Å². The number of hydrogen-bond acceptors (Lipinski definition) is 3. The first-order valence-corrected chi connectivity index (χ1v) is 9.21. The maximum Gasteiger partial charge on any atom is 0.201 e. The van der Waals surface area contributed by atoms with E-state index in [-0.39, 0.29) is 28.3 Å². The Morgan fingerprint density at radius 2 is 1.59 bits per heavy atom. The molecular formula is C23H17ClO3. The Labute approximate surface area is 162 Å². The van der Waals surface area contributed by atoms with Crippen molar-refractivity contribution in [2.45, 2.75) is 19.8 Å². The number of carbonyl (C=O) groups excluding carboxylic acids is 2. The van der Waals surface area contributed by atoms with Crippen LogP contribution in [0.1, 0.15) is 24.5 Å². The molecule has 0 aliphatic heterocycles. The van der Waals surface area contributed by atoms with Crippen molar-refractivity contribution < 1.29 is 14.7 Å². The fourth-order valence-corrected chi connectivity index (χ4v) is 3.72. The highest BCUT2D eigenvalue weighted by Gasteiger charge is 2.37. The van der Waals surface area contributed by atoms with Crippen LogP contribution in [0.2, 0.25) is 5.02 Å². The van der Waals surface area contributed by atoms with E-state index < -0.39 is 5.78 Å². The molecule has 2 bridgehead atoms. The molecule has 0 amide bonds. The fourth-order valence-electron chi connectivity index (χ4n) is 3.59. The van der Waals surface area contributed by atoms with Crippen molar-refractivity contribution in [2.75, 3.05) is 0 Å². The van der Waals surface area contributed by atoms with Crippen LogP contribution in [-0.2, 0) is 16.0 Å². The highest BCUT2D eigenvalue weighted by Crippen LogP contribution is 2.38. The largest absolute Gasteiger partial charge is 0.506 e. The Bertz CT molecular complexity index is 1070. The van der Waals surface area contributed by atoms with Crippen LogP contribution >= 0.6 is 11.6 Å². The topological polar surface area (TPSA) is 54.4 Å². The van der Waals surface area contributed by atoms with Crippen LogP contribution in [0.15, 0.2) is 71.5 Å². The third-order valence-electron chi connectivity index (χ3n) is 5.03. The number of allylic oxidation sites excluding steroid dienone is 5. The zero-order valence-corrected chi connectivity index (χ0v) is 15.5. The number of benzene rings is 2. The number of hydrogen-bond donors (Lipinski definition) is 1. The zero-order chi connectivity index (χ0) is 19.1. The lowest BCUT2D eigenvalue weighted by Crippen LogP contribution is -2.26. The highest BCUT2D eigenvalue weighted by atomic mass is 35.5. The molecule has 0 heterocycles. The predicted octanol–water partition coefficient (Wildman–Crippen LogP) is 5.25. The first-order chi connectivity index (χ1) is 13.0. The zero-order valence-electron chi connectivity index (χ0n) is 14.8. The number of halogens is 1. The molecule has 0 aromatic heterocycles. The number of aliphatic hydroxyl groups is 1. The number of ketones is 2. The minimum Gasteiger partial charge on any atom is -0.506 e. The van der Waals surface area contributed by atoms with Gasteiger partial charge in [-0.3, -0.25) is 9.59 Å². The second-order valence-corrected chi connectivity index (χ2v) is 7.02. The van der Waals surface area contributed by atoms with E-state index in [1.807, 2.05) is 49.4 Å². The van der Waals surface area contributed by atoms with Crippen molar-refractivity contribution in [1.82, 2.24) is 0 Å². The number of aryl methyl sites for hydroxylation is 1. The van der Waals surface area contributed by atoms with E-state index in [4.69, 9.17) is 11.6 Å². The molecule has 27 heavy (non-hydrogen) atoms. The van der Waals surface area contributed by atoms with Gasteiger partial charge in [-0.25, -0.2) is 0 Å². The van der Waals surface area contributed by atoms with Crippen LogP contribution in [0, 0.1) is 0 Å². The molecular weight excluding hydrogens is 360 g/mol. The molecule has 134 valence electrons. The normalized spacial score (nSPS) is 16.4. The first-order valence-electron chi connectivity index (χ1n) is 8.83. The molecule has 4 rings (SSSR count). The minimum absolute atomic E-state index is 0.152. The summed E-state index contributed by atoms with van der Waals surface area (Å²) in [5.74, 6) is -1.01. The molecule has 4 heteroatoms. The SMILES string of the molecule is CCc1ccc(-c2ccc(Cl)cc2)cc1C1=C(O)C2=CCC=C(C2=O)C1=O. The molecule has 3 nitrogen and oxygen atoms in total. The Kier molecular flexibility index (Phi) is 4.33. The van der Waals surface area contributed by atoms with E-state index in [9.17, 15) is 14.7 Å². The van der Waals surface area contributed by atoms with E-state index in [1.165, 1.54) is 0 Å². The number of carbonyl (C=O) groups is 2. The monoisotopic (exact) mass is 376 g/mol. The molecule has 2 aliphatic carbocycles. The van der Waals surface area contributed by atoms with Crippen LogP contribution in [0.25, 0.3) is 16.7 Å². The second kappa shape index (κ2) is 6.67. The molecule has 0 saturated carbocycles. The summed E-state index contributed by atoms with van der Waals surface area (Å²) in [5, 5.41) is 11.4. The van der Waals surface area contributed by atoms with Gasteiger partial charge in [0.25, 0.3) is 0 Å². The summed E-state index contributed by atoms with van der Waals surface area (Å²) in [5.41, 5.74) is 4.06. The summed E-state index contributed by atoms with van der Waals surface area (Å²) < 4.78 is 0. The summed E-state index contributed by atoms with van der Waals surface area (Å²) in [6, 6.07) is 13.3. The Morgan fingerprint density at radius 1 is 0.926 bits per heavy atom. The average molecular weight is 377 g/mol. The van der Waals surface area contributed by atoms with Crippen LogP contribution in [-0.4, -0.2) is 16.7 Å². The van der Waals surface area contributed by atoms with Gasteiger partial charge in [-0.2, -0.15) is 0 Å². The number of fused-ring (bicyclic) bond motifs is 2. The van der Waals surface area contributed by atoms with E-state index in [2.05, 4.69) is 0 Å². The highest BCUT2D eigenvalue weighted by molar-refractivity contribution is 6.45. The molecule has 0 saturated heterocycles. The lowest BCUT2D eigenvalue weighted by atomic mass is 9.78. The number of aliphatic hydroxyl groups excluding tert-OH is 1. The van der Waals surface area contributed by atoms with Crippen molar-refractivity contribution in [3.63, 3.8) is 0 Å². The number of rotatable bonds is 3. The Hall–Kier alpha value is -2.91. The maximum atomic E-state index is 13.0. The summed E-state index contributed by atoms with van der Waals surface area (Å²) in [7, 11) is 0. The van der Waals surface area contributed by atoms with Gasteiger partial charge in [0.05, 0.1) is 16.7 Å². The molecule has 2 aromatic rings. The van der Waals surface area contributed by atoms with Gasteiger partial charge in [0.1, 0.15) is 5.76 Å². The average Bonchev–Trinajstić information content (AvgIpc) is 2.67. The molecule has 0 radical (unpaired) electrons. The van der Waals surface area contributed by atoms with Gasteiger partial charge in [-0.15, -0.1) is 0 Å². The van der Waals surface area contributed by atoms with Crippen LogP contribution in [0.3, 0.4) is 0 Å². The quantitative estimate of drug-likeness (QED) is 0.744. The van der Waals surface area contributed by atoms with Gasteiger partial charge in [0.15, 0.2) is 5.78 Å². The van der Waals surface area contributed by atoms with Gasteiger partial charge < -0.3 is 5.11 Å². The van der Waals surface area contributed by atoms with Crippen molar-refractivity contribution in [1.29, 1.82) is 0 Å². The summed E-state index contributed by atoms with van der Waals surface area (Å²) in [4.78, 5) is 25.3. The lowest BCUT2D eigenvalue weighted by Gasteiger charge is -2.23. The minimum atomic E-state index is -0.405. The molecule has 2 aromatic carbocycles. The Morgan fingerprint density at radius 3 is 2.30 bits per heavy atom. The van der Waals surface area contributed by atoms with E-state index in [1.54, 1.807) is 12.2 Å². The maximum absolute atomic E-state index is 13.0. The second-order valence-electron chi connectivity index (χ2n) is 6.59. The van der Waals surface area contributed by atoms with Crippen molar-refractivity contribution in [2.24, 2.45) is 0 Å². The van der Waals surface area contributed by atoms with Crippen LogP contribution < -0.4 is 0 Å². The lowest BCUT2D eigenvalue weighted by molar-refractivity contribution is -0.117.